The van der Waals surface area contributed by atoms with Crippen LogP contribution in [-0.2, 0) is 28.5 Å². The van der Waals surface area contributed by atoms with Crippen molar-refractivity contribution in [3.8, 4) is 0 Å². The minimum Gasteiger partial charge on any atom is -0.463 e. The Morgan fingerprint density at radius 3 is 2.33 bits per heavy atom. The van der Waals surface area contributed by atoms with Gasteiger partial charge in [-0.05, 0) is 37.5 Å². The van der Waals surface area contributed by atoms with E-state index in [0.29, 0.717) is 46.1 Å². The molecule has 1 saturated carbocycles. The normalized spacial score (nSPS) is 29.1. The van der Waals surface area contributed by atoms with Crippen LogP contribution in [0.15, 0.2) is 0 Å². The Morgan fingerprint density at radius 1 is 1.10 bits per heavy atom. The summed E-state index contributed by atoms with van der Waals surface area (Å²) in [6.07, 6.45) is 3.95. The minimum atomic E-state index is -0.497. The van der Waals surface area contributed by atoms with E-state index < -0.39 is 5.60 Å². The molecule has 2 aliphatic rings. The number of halogens is 1. The lowest BCUT2D eigenvalue weighted by Crippen LogP contribution is -2.38. The molecular weight excluding hydrogens is 460 g/mol. The van der Waals surface area contributed by atoms with Gasteiger partial charge in [-0.15, -0.1) is 0 Å². The van der Waals surface area contributed by atoms with Crippen molar-refractivity contribution in [2.45, 2.75) is 55.6 Å². The zero-order valence-corrected chi connectivity index (χ0v) is 19.5. The van der Waals surface area contributed by atoms with Crippen LogP contribution in [0.5, 0.6) is 0 Å². The van der Waals surface area contributed by atoms with Gasteiger partial charge in [-0.25, -0.2) is 0 Å². The third kappa shape index (κ3) is 7.69. The molecule has 9 heteroatoms. The van der Waals surface area contributed by atoms with E-state index in [1.807, 2.05) is 0 Å². The van der Waals surface area contributed by atoms with Gasteiger partial charge < -0.3 is 33.9 Å². The molecule has 2 N–H and O–H groups in total. The van der Waals surface area contributed by atoms with Gasteiger partial charge in [-0.3, -0.25) is 4.79 Å². The highest BCUT2D eigenvalue weighted by Gasteiger charge is 2.56. The number of carbonyl (C=O) groups excluding carboxylic acids is 1. The Labute approximate surface area is 187 Å². The second-order valence-corrected chi connectivity index (χ2v) is 9.11. The third-order valence-electron chi connectivity index (χ3n) is 6.02. The van der Waals surface area contributed by atoms with Crippen LogP contribution in [0.4, 0.5) is 0 Å². The lowest BCUT2D eigenvalue weighted by Gasteiger charge is -2.28. The maximum atomic E-state index is 12.3. The van der Waals surface area contributed by atoms with E-state index in [9.17, 15) is 9.90 Å². The van der Waals surface area contributed by atoms with Crippen molar-refractivity contribution < 1.29 is 38.7 Å². The van der Waals surface area contributed by atoms with Crippen molar-refractivity contribution in [1.29, 1.82) is 0 Å². The average molecular weight is 497 g/mol. The number of hydrogen-bond acceptors (Lipinski definition) is 8. The number of fused-ring (bicyclic) bond motifs is 1. The number of alkyl halides is 1. The van der Waals surface area contributed by atoms with Crippen LogP contribution >= 0.6 is 15.9 Å². The number of aliphatic hydroxyl groups is 2. The van der Waals surface area contributed by atoms with Crippen molar-refractivity contribution in [3.05, 3.63) is 0 Å². The van der Waals surface area contributed by atoms with Gasteiger partial charge in [-0.1, -0.05) is 22.9 Å². The van der Waals surface area contributed by atoms with Crippen LogP contribution in [0, 0.1) is 11.8 Å². The van der Waals surface area contributed by atoms with Crippen LogP contribution in [0.2, 0.25) is 0 Å². The Bertz CT molecular complexity index is 494. The predicted octanol–water partition coefficient (Wildman–Crippen LogP) is 1.68. The fraction of sp³-hybridized carbons (Fsp3) is 0.952. The van der Waals surface area contributed by atoms with Crippen LogP contribution in [0.3, 0.4) is 0 Å². The number of aliphatic hydroxyl groups excluding tert-OH is 2. The minimum absolute atomic E-state index is 0.00657. The number of rotatable bonds is 16. The molecule has 0 aromatic rings. The SMILES string of the molecule is CCC(Br)C1CC2C(CC(=O)OCCOCCOCCOCCO)CCC2(CO)O1. The Kier molecular flexibility index (Phi) is 12.1. The zero-order valence-electron chi connectivity index (χ0n) is 17.9. The molecule has 176 valence electrons. The molecule has 1 saturated heterocycles. The molecule has 0 spiro atoms. The lowest BCUT2D eigenvalue weighted by atomic mass is 9.83. The molecule has 0 bridgehead atoms. The topological polar surface area (TPSA) is 104 Å². The lowest BCUT2D eigenvalue weighted by molar-refractivity contribution is -0.147. The Morgan fingerprint density at radius 2 is 1.73 bits per heavy atom. The molecule has 1 aliphatic heterocycles. The van der Waals surface area contributed by atoms with Gasteiger partial charge in [0, 0.05) is 11.2 Å². The van der Waals surface area contributed by atoms with Crippen molar-refractivity contribution in [3.63, 3.8) is 0 Å². The number of esters is 1. The van der Waals surface area contributed by atoms with E-state index in [1.54, 1.807) is 0 Å². The second-order valence-electron chi connectivity index (χ2n) is 7.93. The summed E-state index contributed by atoms with van der Waals surface area (Å²) in [6.45, 7) is 4.76. The Hall–Kier alpha value is -0.290. The van der Waals surface area contributed by atoms with Crippen molar-refractivity contribution in [2.75, 3.05) is 59.5 Å². The van der Waals surface area contributed by atoms with Gasteiger partial charge in [0.15, 0.2) is 0 Å². The summed E-state index contributed by atoms with van der Waals surface area (Å²) < 4.78 is 27.4. The quantitative estimate of drug-likeness (QED) is 0.189. The van der Waals surface area contributed by atoms with Gasteiger partial charge >= 0.3 is 5.97 Å². The van der Waals surface area contributed by atoms with Crippen molar-refractivity contribution >= 4 is 21.9 Å². The highest BCUT2D eigenvalue weighted by Crippen LogP contribution is 2.53. The van der Waals surface area contributed by atoms with E-state index in [-0.39, 0.29) is 48.6 Å². The first-order valence-corrected chi connectivity index (χ1v) is 11.9. The summed E-state index contributed by atoms with van der Waals surface area (Å²) in [5.41, 5.74) is -0.497. The van der Waals surface area contributed by atoms with Gasteiger partial charge in [0.25, 0.3) is 0 Å². The third-order valence-corrected chi connectivity index (χ3v) is 7.25. The van der Waals surface area contributed by atoms with Gasteiger partial charge in [-0.2, -0.15) is 0 Å². The first-order valence-electron chi connectivity index (χ1n) is 11.0. The highest BCUT2D eigenvalue weighted by molar-refractivity contribution is 9.09. The highest BCUT2D eigenvalue weighted by atomic mass is 79.9. The van der Waals surface area contributed by atoms with Crippen molar-refractivity contribution in [2.24, 2.45) is 11.8 Å². The molecule has 30 heavy (non-hydrogen) atoms. The molecule has 1 aliphatic carbocycles. The first kappa shape index (κ1) is 26.0. The summed E-state index contributed by atoms with van der Waals surface area (Å²) in [5, 5.41) is 18.5. The van der Waals surface area contributed by atoms with Crippen molar-refractivity contribution in [1.82, 2.24) is 0 Å². The van der Waals surface area contributed by atoms with E-state index in [2.05, 4.69) is 22.9 Å². The van der Waals surface area contributed by atoms with E-state index in [1.165, 1.54) is 0 Å². The van der Waals surface area contributed by atoms with E-state index in [0.717, 1.165) is 25.7 Å². The van der Waals surface area contributed by atoms with Crippen LogP contribution in [-0.4, -0.2) is 92.2 Å². The van der Waals surface area contributed by atoms with Crippen LogP contribution < -0.4 is 0 Å². The van der Waals surface area contributed by atoms with Gasteiger partial charge in [0.2, 0.25) is 0 Å². The molecule has 5 atom stereocenters. The summed E-state index contributed by atoms with van der Waals surface area (Å²) in [7, 11) is 0. The molecule has 0 amide bonds. The smallest absolute Gasteiger partial charge is 0.306 e. The summed E-state index contributed by atoms with van der Waals surface area (Å²) in [5.74, 6) is 0.166. The molecule has 0 radical (unpaired) electrons. The molecule has 2 fully saturated rings. The summed E-state index contributed by atoms with van der Waals surface area (Å²) in [4.78, 5) is 12.5. The predicted molar refractivity (Wildman–Crippen MR) is 114 cm³/mol. The summed E-state index contributed by atoms with van der Waals surface area (Å²) in [6, 6.07) is 0. The zero-order chi connectivity index (χ0) is 21.8. The standard InChI is InChI=1S/C21H37BrO8/c1-2-18(22)19-14-17-16(3-4-21(17,15-24)30-19)13-20(25)29-12-11-28-10-9-27-8-7-26-6-5-23/h16-19,23-24H,2-15H2,1H3. The second kappa shape index (κ2) is 14.0. The van der Waals surface area contributed by atoms with E-state index >= 15 is 0 Å². The van der Waals surface area contributed by atoms with Crippen LogP contribution in [0.1, 0.15) is 39.0 Å². The van der Waals surface area contributed by atoms with Gasteiger partial charge in [0.05, 0.1) is 64.6 Å². The molecule has 8 nitrogen and oxygen atoms in total. The monoisotopic (exact) mass is 496 g/mol. The fourth-order valence-corrected chi connectivity index (χ4v) is 4.78. The average Bonchev–Trinajstić information content (AvgIpc) is 3.29. The number of ether oxygens (including phenoxy) is 5. The molecule has 1 heterocycles. The fourth-order valence-electron chi connectivity index (χ4n) is 4.46. The molecule has 2 rings (SSSR count). The Balaban J connectivity index is 1.57. The molecule has 0 aromatic carbocycles. The largest absolute Gasteiger partial charge is 0.463 e. The summed E-state index contributed by atoms with van der Waals surface area (Å²) >= 11 is 3.68. The molecule has 5 unspecified atom stereocenters. The maximum Gasteiger partial charge on any atom is 0.306 e. The maximum absolute atomic E-state index is 12.3. The molecule has 0 aromatic heterocycles. The van der Waals surface area contributed by atoms with E-state index in [4.69, 9.17) is 28.8 Å². The van der Waals surface area contributed by atoms with Crippen LogP contribution in [0.25, 0.3) is 0 Å². The molecular formula is C21H37BrO8. The first-order chi connectivity index (χ1) is 14.6. The number of carbonyl (C=O) groups is 1. The van der Waals surface area contributed by atoms with Gasteiger partial charge in [0.1, 0.15) is 6.61 Å². The number of hydrogen-bond donors (Lipinski definition) is 2.